The van der Waals surface area contributed by atoms with Crippen LogP contribution in [0.25, 0.3) is 0 Å². The van der Waals surface area contributed by atoms with E-state index in [1.54, 1.807) is 56.3 Å². The number of hydrogen-bond acceptors (Lipinski definition) is 3. The van der Waals surface area contributed by atoms with E-state index in [9.17, 15) is 9.59 Å². The summed E-state index contributed by atoms with van der Waals surface area (Å²) in [4.78, 5) is 24.4. The zero-order chi connectivity index (χ0) is 19.2. The van der Waals surface area contributed by atoms with Gasteiger partial charge in [-0.15, -0.1) is 0 Å². The quantitative estimate of drug-likeness (QED) is 0.566. The highest BCUT2D eigenvalue weighted by Crippen LogP contribution is 2.28. The molecule has 2 rings (SSSR count). The van der Waals surface area contributed by atoms with Crippen molar-refractivity contribution in [3.8, 4) is 5.75 Å². The Balaban J connectivity index is 2.09. The minimum Gasteiger partial charge on any atom is -0.426 e. The van der Waals surface area contributed by atoms with E-state index in [-0.39, 0.29) is 6.03 Å². The molecule has 2 amide bonds. The van der Waals surface area contributed by atoms with E-state index in [4.69, 9.17) is 16.3 Å². The van der Waals surface area contributed by atoms with Crippen LogP contribution >= 0.6 is 11.6 Å². The Labute approximate surface area is 158 Å². The molecule has 0 heterocycles. The van der Waals surface area contributed by atoms with E-state index >= 15 is 0 Å². The van der Waals surface area contributed by atoms with Crippen molar-refractivity contribution in [3.05, 3.63) is 59.1 Å². The second-order valence-electron chi connectivity index (χ2n) is 6.43. The van der Waals surface area contributed by atoms with Gasteiger partial charge in [0.05, 0.1) is 5.41 Å². The first-order valence-electron chi connectivity index (χ1n) is 8.46. The van der Waals surface area contributed by atoms with E-state index in [0.29, 0.717) is 23.0 Å². The van der Waals surface area contributed by atoms with Gasteiger partial charge >= 0.3 is 12.0 Å². The van der Waals surface area contributed by atoms with Crippen LogP contribution < -0.4 is 15.4 Å². The molecule has 2 N–H and O–H groups in total. The number of ether oxygens (including phenoxy) is 1. The Morgan fingerprint density at radius 2 is 1.85 bits per heavy atom. The lowest BCUT2D eigenvalue weighted by Crippen LogP contribution is -2.33. The molecule has 0 aromatic heterocycles. The van der Waals surface area contributed by atoms with Crippen LogP contribution in [0.15, 0.2) is 48.5 Å². The van der Waals surface area contributed by atoms with Crippen molar-refractivity contribution in [2.75, 3.05) is 11.9 Å². The fraction of sp³-hybridized carbons (Fsp3) is 0.300. The fourth-order valence-corrected chi connectivity index (χ4v) is 2.47. The van der Waals surface area contributed by atoms with Gasteiger partial charge < -0.3 is 15.4 Å². The van der Waals surface area contributed by atoms with E-state index in [1.807, 2.05) is 13.0 Å². The molecule has 5 nitrogen and oxygen atoms in total. The van der Waals surface area contributed by atoms with Crippen molar-refractivity contribution in [2.45, 2.75) is 32.6 Å². The van der Waals surface area contributed by atoms with Gasteiger partial charge in [0.1, 0.15) is 5.75 Å². The third-order valence-electron chi connectivity index (χ3n) is 3.89. The maximum Gasteiger partial charge on any atom is 0.321 e. The van der Waals surface area contributed by atoms with Gasteiger partial charge in [-0.1, -0.05) is 36.7 Å². The SMILES string of the molecule is CCCNC(=O)Nc1cccc(OC(=O)C(C)(C)c2cccc(Cl)c2)c1. The smallest absolute Gasteiger partial charge is 0.321 e. The molecule has 0 aliphatic carbocycles. The van der Waals surface area contributed by atoms with Crippen molar-refractivity contribution in [3.63, 3.8) is 0 Å². The van der Waals surface area contributed by atoms with Crippen LogP contribution in [-0.4, -0.2) is 18.5 Å². The van der Waals surface area contributed by atoms with Crippen LogP contribution in [0.5, 0.6) is 5.75 Å². The molecular formula is C20H23ClN2O3. The molecule has 0 unspecified atom stereocenters. The Bertz CT molecular complexity index is 790. The largest absolute Gasteiger partial charge is 0.426 e. The summed E-state index contributed by atoms with van der Waals surface area (Å²) in [6.45, 7) is 6.12. The maximum absolute atomic E-state index is 12.7. The lowest BCUT2D eigenvalue weighted by atomic mass is 9.85. The summed E-state index contributed by atoms with van der Waals surface area (Å²) in [5, 5.41) is 5.99. The van der Waals surface area contributed by atoms with Crippen LogP contribution in [0.1, 0.15) is 32.8 Å². The number of carbonyl (C=O) groups is 2. The molecule has 138 valence electrons. The Morgan fingerprint density at radius 1 is 1.12 bits per heavy atom. The number of carbonyl (C=O) groups excluding carboxylic acids is 2. The van der Waals surface area contributed by atoms with Gasteiger partial charge in [-0.2, -0.15) is 0 Å². The van der Waals surface area contributed by atoms with Crippen molar-refractivity contribution in [1.29, 1.82) is 0 Å². The first-order valence-corrected chi connectivity index (χ1v) is 8.84. The number of anilines is 1. The second-order valence-corrected chi connectivity index (χ2v) is 6.87. The zero-order valence-corrected chi connectivity index (χ0v) is 15.9. The average Bonchev–Trinajstić information content (AvgIpc) is 2.60. The summed E-state index contributed by atoms with van der Waals surface area (Å²) >= 11 is 6.02. The first kappa shape index (κ1) is 19.8. The molecular weight excluding hydrogens is 352 g/mol. The van der Waals surface area contributed by atoms with Gasteiger partial charge in [0, 0.05) is 23.3 Å². The maximum atomic E-state index is 12.7. The summed E-state index contributed by atoms with van der Waals surface area (Å²) in [5.41, 5.74) is 0.444. The van der Waals surface area contributed by atoms with E-state index in [1.165, 1.54) is 0 Å². The Kier molecular flexibility index (Phi) is 6.64. The second kappa shape index (κ2) is 8.72. The molecule has 0 atom stereocenters. The van der Waals surface area contributed by atoms with Crippen LogP contribution in [0, 0.1) is 0 Å². The molecule has 0 aliphatic rings. The summed E-state index contributed by atoms with van der Waals surface area (Å²) in [6.07, 6.45) is 0.851. The highest BCUT2D eigenvalue weighted by molar-refractivity contribution is 6.30. The number of halogens is 1. The molecule has 0 saturated carbocycles. The molecule has 0 bridgehead atoms. The Hall–Kier alpha value is -2.53. The van der Waals surface area contributed by atoms with E-state index < -0.39 is 11.4 Å². The highest BCUT2D eigenvalue weighted by Gasteiger charge is 2.32. The number of amides is 2. The predicted molar refractivity (Wildman–Crippen MR) is 104 cm³/mol. The summed E-state index contributed by atoms with van der Waals surface area (Å²) < 4.78 is 5.52. The predicted octanol–water partition coefficient (Wildman–Crippen LogP) is 4.75. The lowest BCUT2D eigenvalue weighted by Gasteiger charge is -2.23. The normalized spacial score (nSPS) is 10.9. The minimum absolute atomic E-state index is 0.297. The number of hydrogen-bond donors (Lipinski definition) is 2. The van der Waals surface area contributed by atoms with Crippen LogP contribution in [-0.2, 0) is 10.2 Å². The summed E-state index contributed by atoms with van der Waals surface area (Å²) in [7, 11) is 0. The molecule has 2 aromatic carbocycles. The van der Waals surface area contributed by atoms with Crippen molar-refractivity contribution >= 4 is 29.3 Å². The average molecular weight is 375 g/mol. The first-order chi connectivity index (χ1) is 12.3. The standard InChI is InChI=1S/C20H23ClN2O3/c1-4-11-22-19(25)23-16-9-6-10-17(13-16)26-18(24)20(2,3)14-7-5-8-15(21)12-14/h5-10,12-13H,4,11H2,1-3H3,(H2,22,23,25). The molecule has 0 spiro atoms. The number of urea groups is 1. The van der Waals surface area contributed by atoms with Gasteiger partial charge in [0.15, 0.2) is 0 Å². The van der Waals surface area contributed by atoms with Gasteiger partial charge in [0.25, 0.3) is 0 Å². The van der Waals surface area contributed by atoms with Crippen molar-refractivity contribution in [1.82, 2.24) is 5.32 Å². The van der Waals surface area contributed by atoms with Gasteiger partial charge in [0.2, 0.25) is 0 Å². The molecule has 6 heteroatoms. The summed E-state index contributed by atoms with van der Waals surface area (Å²) in [6, 6.07) is 13.6. The van der Waals surface area contributed by atoms with Gasteiger partial charge in [-0.05, 0) is 50.1 Å². The molecule has 26 heavy (non-hydrogen) atoms. The third kappa shape index (κ3) is 5.23. The number of esters is 1. The highest BCUT2D eigenvalue weighted by atomic mass is 35.5. The lowest BCUT2D eigenvalue weighted by molar-refractivity contribution is -0.139. The number of rotatable bonds is 6. The van der Waals surface area contributed by atoms with Crippen LogP contribution in [0.2, 0.25) is 5.02 Å². The molecule has 0 aliphatic heterocycles. The van der Waals surface area contributed by atoms with Crippen LogP contribution in [0.3, 0.4) is 0 Å². The number of benzene rings is 2. The zero-order valence-electron chi connectivity index (χ0n) is 15.1. The van der Waals surface area contributed by atoms with Crippen molar-refractivity contribution in [2.24, 2.45) is 0 Å². The Morgan fingerprint density at radius 3 is 2.54 bits per heavy atom. The van der Waals surface area contributed by atoms with Crippen LogP contribution in [0.4, 0.5) is 10.5 Å². The van der Waals surface area contributed by atoms with E-state index in [0.717, 1.165) is 12.0 Å². The molecule has 0 saturated heterocycles. The van der Waals surface area contributed by atoms with Gasteiger partial charge in [-0.3, -0.25) is 4.79 Å². The topological polar surface area (TPSA) is 67.4 Å². The molecule has 0 fully saturated rings. The number of nitrogens with one attached hydrogen (secondary N) is 2. The van der Waals surface area contributed by atoms with Gasteiger partial charge in [-0.25, -0.2) is 4.79 Å². The fourth-order valence-electron chi connectivity index (χ4n) is 2.28. The molecule has 0 radical (unpaired) electrons. The van der Waals surface area contributed by atoms with E-state index in [2.05, 4.69) is 10.6 Å². The monoisotopic (exact) mass is 374 g/mol. The summed E-state index contributed by atoms with van der Waals surface area (Å²) in [5.74, 6) is -0.0502. The van der Waals surface area contributed by atoms with Crippen molar-refractivity contribution < 1.29 is 14.3 Å². The minimum atomic E-state index is -0.868. The molecule has 2 aromatic rings. The third-order valence-corrected chi connectivity index (χ3v) is 4.13.